The molecule has 31 heavy (non-hydrogen) atoms. The Morgan fingerprint density at radius 3 is 2.68 bits per heavy atom. The van der Waals surface area contributed by atoms with E-state index in [9.17, 15) is 14.4 Å². The summed E-state index contributed by atoms with van der Waals surface area (Å²) < 4.78 is 12.9. The van der Waals surface area contributed by atoms with E-state index in [0.29, 0.717) is 54.1 Å². The third-order valence-corrected chi connectivity index (χ3v) is 5.86. The summed E-state index contributed by atoms with van der Waals surface area (Å²) in [5.74, 6) is 1.28. The Morgan fingerprint density at radius 2 is 1.87 bits per heavy atom. The van der Waals surface area contributed by atoms with Gasteiger partial charge in [-0.3, -0.25) is 19.1 Å². The highest BCUT2D eigenvalue weighted by atomic mass is 16.5. The van der Waals surface area contributed by atoms with Gasteiger partial charge in [0.15, 0.2) is 17.3 Å². The molecule has 8 heteroatoms. The molecule has 2 aliphatic rings. The first kappa shape index (κ1) is 19.5. The number of fused-ring (bicyclic) bond motifs is 4. The molecule has 0 radical (unpaired) electrons. The van der Waals surface area contributed by atoms with Gasteiger partial charge in [-0.2, -0.15) is 0 Å². The number of hydrogen-bond acceptors (Lipinski definition) is 6. The van der Waals surface area contributed by atoms with E-state index in [2.05, 4.69) is 9.97 Å². The Morgan fingerprint density at radius 1 is 1.10 bits per heavy atom. The smallest absolute Gasteiger partial charge is 0.330 e. The maximum atomic E-state index is 12.8. The van der Waals surface area contributed by atoms with Crippen LogP contribution >= 0.6 is 0 Å². The van der Waals surface area contributed by atoms with Crippen molar-refractivity contribution >= 4 is 16.8 Å². The van der Waals surface area contributed by atoms with Crippen molar-refractivity contribution < 1.29 is 14.3 Å². The van der Waals surface area contributed by atoms with Crippen LogP contribution in [-0.2, 0) is 13.0 Å². The molecule has 0 amide bonds. The largest absolute Gasteiger partial charge is 0.490 e. The lowest BCUT2D eigenvalue weighted by Gasteiger charge is -2.30. The van der Waals surface area contributed by atoms with Gasteiger partial charge in [-0.05, 0) is 35.1 Å². The van der Waals surface area contributed by atoms with Gasteiger partial charge in [-0.1, -0.05) is 19.9 Å². The zero-order valence-electron chi connectivity index (χ0n) is 17.5. The number of benzene rings is 1. The zero-order chi connectivity index (χ0) is 21.8. The normalized spacial score (nSPS) is 17.3. The second-order valence-corrected chi connectivity index (χ2v) is 8.97. The van der Waals surface area contributed by atoms with E-state index in [-0.39, 0.29) is 23.4 Å². The molecular weight excluding hydrogens is 398 g/mol. The predicted molar refractivity (Wildman–Crippen MR) is 114 cm³/mol. The number of H-pyrrole nitrogens is 1. The molecule has 0 bridgehead atoms. The number of aromatic nitrogens is 3. The summed E-state index contributed by atoms with van der Waals surface area (Å²) in [5, 5.41) is 0.313. The first-order valence-corrected chi connectivity index (χ1v) is 10.4. The monoisotopic (exact) mass is 421 g/mol. The summed E-state index contributed by atoms with van der Waals surface area (Å²) in [5.41, 5.74) is 0.919. The number of aromatic amines is 1. The maximum Gasteiger partial charge on any atom is 0.330 e. The first-order chi connectivity index (χ1) is 14.8. The Kier molecular flexibility index (Phi) is 4.46. The number of carbonyl (C=O) groups is 1. The highest BCUT2D eigenvalue weighted by Gasteiger charge is 2.33. The first-order valence-electron chi connectivity index (χ1n) is 10.4. The number of ether oxygens (including phenoxy) is 2. The number of carbonyl (C=O) groups excluding carboxylic acids is 1. The molecule has 0 fully saturated rings. The average Bonchev–Trinajstić information content (AvgIpc) is 2.94. The highest BCUT2D eigenvalue weighted by molar-refractivity contribution is 6.02. The van der Waals surface area contributed by atoms with Gasteiger partial charge < -0.3 is 9.47 Å². The Labute approximate surface area is 177 Å². The van der Waals surface area contributed by atoms with Crippen molar-refractivity contribution in [3.8, 4) is 11.5 Å². The van der Waals surface area contributed by atoms with Gasteiger partial charge >= 0.3 is 5.69 Å². The molecule has 5 rings (SSSR count). The van der Waals surface area contributed by atoms with E-state index in [1.54, 1.807) is 0 Å². The molecule has 0 spiro atoms. The van der Waals surface area contributed by atoms with Crippen molar-refractivity contribution in [2.75, 3.05) is 13.2 Å². The fourth-order valence-electron chi connectivity index (χ4n) is 4.43. The van der Waals surface area contributed by atoms with Crippen LogP contribution in [0.25, 0.3) is 11.0 Å². The molecule has 0 saturated heterocycles. The number of nitrogens with one attached hydrogen (secondary N) is 1. The molecule has 1 N–H and O–H groups in total. The number of ketones is 1. The lowest BCUT2D eigenvalue weighted by molar-refractivity contribution is 0.0912. The standard InChI is InChI=1S/C23H23N3O5/c1-23(2)9-14-15(16(27)10-23)11-24-20-19(14)21(28)25-22(29)26(20)12-13-4-5-17-18(8-13)31-7-3-6-30-17/h4-5,8,11H,3,6-7,9-10,12H2,1-2H3,(H,25,28,29). The maximum absolute atomic E-state index is 12.8. The van der Waals surface area contributed by atoms with Gasteiger partial charge in [-0.25, -0.2) is 9.78 Å². The molecule has 3 heterocycles. The number of Topliss-reactive ketones (excluding diaryl/α,β-unsaturated/α-hetero) is 1. The van der Waals surface area contributed by atoms with Gasteiger partial charge in [0.05, 0.1) is 25.1 Å². The summed E-state index contributed by atoms with van der Waals surface area (Å²) in [6.45, 7) is 5.37. The highest BCUT2D eigenvalue weighted by Crippen LogP contribution is 2.36. The summed E-state index contributed by atoms with van der Waals surface area (Å²) >= 11 is 0. The van der Waals surface area contributed by atoms with Gasteiger partial charge in [0, 0.05) is 24.6 Å². The van der Waals surface area contributed by atoms with E-state index in [0.717, 1.165) is 12.0 Å². The SMILES string of the molecule is CC1(C)CC(=O)c2cnc3c(c2C1)c(=O)[nH]c(=O)n3Cc1ccc2c(c1)OCCCO2. The van der Waals surface area contributed by atoms with Crippen molar-refractivity contribution in [2.24, 2.45) is 5.41 Å². The van der Waals surface area contributed by atoms with Gasteiger partial charge in [0.1, 0.15) is 5.65 Å². The molecule has 1 aromatic carbocycles. The number of pyridine rings is 1. The summed E-state index contributed by atoms with van der Waals surface area (Å²) in [4.78, 5) is 44.9. The van der Waals surface area contributed by atoms with Crippen LogP contribution in [0.1, 0.15) is 48.2 Å². The molecule has 0 saturated carbocycles. The number of rotatable bonds is 2. The quantitative estimate of drug-likeness (QED) is 0.682. The van der Waals surface area contributed by atoms with Crippen LogP contribution < -0.4 is 20.7 Å². The van der Waals surface area contributed by atoms with E-state index < -0.39 is 11.2 Å². The molecule has 0 atom stereocenters. The van der Waals surface area contributed by atoms with Crippen LogP contribution in [0.4, 0.5) is 0 Å². The second-order valence-electron chi connectivity index (χ2n) is 8.97. The second kappa shape index (κ2) is 7.08. The van der Waals surface area contributed by atoms with Gasteiger partial charge in [0.25, 0.3) is 5.56 Å². The molecule has 8 nitrogen and oxygen atoms in total. The van der Waals surface area contributed by atoms with Crippen LogP contribution in [0.5, 0.6) is 11.5 Å². The van der Waals surface area contributed by atoms with Crippen molar-refractivity contribution in [1.82, 2.24) is 14.5 Å². The fourth-order valence-corrected chi connectivity index (χ4v) is 4.43. The fraction of sp³-hybridized carbons (Fsp3) is 0.391. The van der Waals surface area contributed by atoms with Crippen molar-refractivity contribution in [2.45, 2.75) is 39.7 Å². The lowest BCUT2D eigenvalue weighted by Crippen LogP contribution is -2.34. The van der Waals surface area contributed by atoms with Crippen molar-refractivity contribution in [1.29, 1.82) is 0 Å². The lowest BCUT2D eigenvalue weighted by atomic mass is 9.73. The van der Waals surface area contributed by atoms with Crippen molar-refractivity contribution in [3.63, 3.8) is 0 Å². The molecule has 160 valence electrons. The minimum absolute atomic E-state index is 0.0271. The molecule has 1 aliphatic heterocycles. The van der Waals surface area contributed by atoms with Crippen LogP contribution in [0.3, 0.4) is 0 Å². The molecule has 1 aliphatic carbocycles. The number of nitrogens with zero attached hydrogens (tertiary/aromatic N) is 2. The van der Waals surface area contributed by atoms with Crippen LogP contribution in [0.15, 0.2) is 34.0 Å². The average molecular weight is 421 g/mol. The van der Waals surface area contributed by atoms with Crippen LogP contribution in [0.2, 0.25) is 0 Å². The van der Waals surface area contributed by atoms with Gasteiger partial charge in [0.2, 0.25) is 0 Å². The van der Waals surface area contributed by atoms with Crippen molar-refractivity contribution in [3.05, 3.63) is 61.9 Å². The Balaban J connectivity index is 1.65. The molecule has 0 unspecified atom stereocenters. The third-order valence-electron chi connectivity index (χ3n) is 5.86. The minimum atomic E-state index is -0.543. The Hall–Kier alpha value is -3.42. The van der Waals surface area contributed by atoms with E-state index in [4.69, 9.17) is 9.47 Å². The molecule has 2 aromatic heterocycles. The van der Waals surface area contributed by atoms with E-state index in [1.165, 1.54) is 10.8 Å². The topological polar surface area (TPSA) is 103 Å². The minimum Gasteiger partial charge on any atom is -0.490 e. The summed E-state index contributed by atoms with van der Waals surface area (Å²) in [6.07, 6.45) is 3.27. The molecular formula is C23H23N3O5. The van der Waals surface area contributed by atoms with E-state index >= 15 is 0 Å². The van der Waals surface area contributed by atoms with Crippen LogP contribution in [-0.4, -0.2) is 33.5 Å². The molecule has 3 aromatic rings. The van der Waals surface area contributed by atoms with Crippen LogP contribution in [0, 0.1) is 5.41 Å². The summed E-state index contributed by atoms with van der Waals surface area (Å²) in [7, 11) is 0. The predicted octanol–water partition coefficient (Wildman–Crippen LogP) is 2.45. The third kappa shape index (κ3) is 3.41. The number of hydrogen-bond donors (Lipinski definition) is 1. The Bertz CT molecular complexity index is 1340. The summed E-state index contributed by atoms with van der Waals surface area (Å²) in [6, 6.07) is 5.53. The zero-order valence-corrected chi connectivity index (χ0v) is 17.5. The van der Waals surface area contributed by atoms with Gasteiger partial charge in [-0.15, -0.1) is 0 Å². The van der Waals surface area contributed by atoms with E-state index in [1.807, 2.05) is 32.0 Å².